The first-order chi connectivity index (χ1) is 13.5. The van der Waals surface area contributed by atoms with Crippen molar-refractivity contribution in [3.63, 3.8) is 0 Å². The van der Waals surface area contributed by atoms with Crippen LogP contribution in [0.2, 0.25) is 0 Å². The predicted octanol–water partition coefficient (Wildman–Crippen LogP) is 5.18. The third-order valence-electron chi connectivity index (χ3n) is 10.3. The van der Waals surface area contributed by atoms with E-state index in [4.69, 9.17) is 0 Å². The Labute approximate surface area is 176 Å². The van der Waals surface area contributed by atoms with Crippen molar-refractivity contribution in [1.82, 2.24) is 0 Å². The second kappa shape index (κ2) is 8.57. The summed E-state index contributed by atoms with van der Waals surface area (Å²) < 4.78 is 12.6. The summed E-state index contributed by atoms with van der Waals surface area (Å²) in [5, 5.41) is 21.4. The molecule has 0 spiro atoms. The van der Waals surface area contributed by atoms with Crippen LogP contribution in [-0.2, 0) is 4.79 Å². The van der Waals surface area contributed by atoms with Gasteiger partial charge in [0.2, 0.25) is 0 Å². The molecule has 168 valence electrons. The van der Waals surface area contributed by atoms with Gasteiger partial charge in [0.05, 0.1) is 12.2 Å². The lowest BCUT2D eigenvalue weighted by Gasteiger charge is -2.63. The van der Waals surface area contributed by atoms with Crippen molar-refractivity contribution in [3.8, 4) is 0 Å². The number of fused-ring (bicyclic) bond motifs is 3. The summed E-state index contributed by atoms with van der Waals surface area (Å²) in [4.78, 5) is 11.5. The molecule has 3 rings (SSSR count). The Morgan fingerprint density at radius 3 is 2.48 bits per heavy atom. The van der Waals surface area contributed by atoms with Gasteiger partial charge in [-0.3, -0.25) is 4.79 Å². The maximum Gasteiger partial charge on any atom is 0.163 e. The molecule has 0 heterocycles. The molecule has 3 saturated carbocycles. The van der Waals surface area contributed by atoms with E-state index in [0.717, 1.165) is 44.9 Å². The predicted molar refractivity (Wildman–Crippen MR) is 114 cm³/mol. The number of ketones is 1. The molecular weight excluding hydrogens is 367 g/mol. The quantitative estimate of drug-likeness (QED) is 0.634. The smallest absolute Gasteiger partial charge is 0.163 e. The van der Waals surface area contributed by atoms with Gasteiger partial charge in [-0.05, 0) is 91.3 Å². The number of carbonyl (C=O) groups excluding carboxylic acids is 1. The van der Waals surface area contributed by atoms with Crippen LogP contribution in [0.15, 0.2) is 0 Å². The van der Waals surface area contributed by atoms with Gasteiger partial charge < -0.3 is 10.2 Å². The normalized spacial score (nSPS) is 47.0. The number of Topliss-reactive ketones (excluding diaryl/α,β-unsaturated/α-hetero) is 1. The average Bonchev–Trinajstić information content (AvgIpc) is 2.69. The molecule has 3 aliphatic carbocycles. The van der Waals surface area contributed by atoms with Gasteiger partial charge in [0.15, 0.2) is 5.78 Å². The molecule has 10 atom stereocenters. The first kappa shape index (κ1) is 23.2. The zero-order valence-corrected chi connectivity index (χ0v) is 19.2. The Hall–Kier alpha value is -0.480. The second-order valence-corrected chi connectivity index (χ2v) is 11.4. The van der Waals surface area contributed by atoms with Crippen molar-refractivity contribution in [1.29, 1.82) is 0 Å². The zero-order chi connectivity index (χ0) is 21.6. The molecule has 0 aromatic carbocycles. The van der Waals surface area contributed by atoms with Crippen molar-refractivity contribution >= 4 is 5.78 Å². The number of alkyl halides is 1. The fraction of sp³-hybridized carbons (Fsp3) is 0.960. The Bertz CT molecular complexity index is 595. The third-order valence-corrected chi connectivity index (χ3v) is 10.3. The minimum Gasteiger partial charge on any atom is -0.393 e. The second-order valence-electron chi connectivity index (χ2n) is 11.4. The summed E-state index contributed by atoms with van der Waals surface area (Å²) >= 11 is 0. The van der Waals surface area contributed by atoms with Gasteiger partial charge in [-0.1, -0.05) is 34.6 Å². The van der Waals surface area contributed by atoms with E-state index >= 15 is 0 Å². The fourth-order valence-electron chi connectivity index (χ4n) is 7.74. The summed E-state index contributed by atoms with van der Waals surface area (Å²) in [6.07, 6.45) is 6.54. The lowest BCUT2D eigenvalue weighted by Crippen LogP contribution is -2.59. The van der Waals surface area contributed by atoms with Crippen molar-refractivity contribution in [2.24, 2.45) is 46.3 Å². The Morgan fingerprint density at radius 1 is 1.14 bits per heavy atom. The molecule has 0 amide bonds. The number of aliphatic hydroxyl groups excluding tert-OH is 2. The van der Waals surface area contributed by atoms with E-state index in [1.807, 2.05) is 0 Å². The Kier molecular flexibility index (Phi) is 6.85. The molecule has 4 heteroatoms. The number of hydrogen-bond donors (Lipinski definition) is 2. The monoisotopic (exact) mass is 410 g/mol. The van der Waals surface area contributed by atoms with Crippen LogP contribution in [0.1, 0.15) is 86.0 Å². The van der Waals surface area contributed by atoms with Crippen LogP contribution < -0.4 is 0 Å². The van der Waals surface area contributed by atoms with Crippen LogP contribution in [0.5, 0.6) is 0 Å². The number of carbonyl (C=O) groups is 1. The van der Waals surface area contributed by atoms with Gasteiger partial charge in [-0.15, -0.1) is 0 Å². The molecule has 3 fully saturated rings. The van der Waals surface area contributed by atoms with E-state index in [1.54, 1.807) is 0 Å². The third kappa shape index (κ3) is 4.05. The lowest BCUT2D eigenvalue weighted by molar-refractivity contribution is -0.180. The molecule has 0 saturated heterocycles. The van der Waals surface area contributed by atoms with Gasteiger partial charge in [0.25, 0.3) is 0 Å². The highest BCUT2D eigenvalue weighted by Crippen LogP contribution is 2.64. The van der Waals surface area contributed by atoms with E-state index in [1.165, 1.54) is 0 Å². The van der Waals surface area contributed by atoms with E-state index in [2.05, 4.69) is 34.6 Å². The van der Waals surface area contributed by atoms with Crippen molar-refractivity contribution in [2.75, 3.05) is 6.67 Å². The topological polar surface area (TPSA) is 57.5 Å². The fourth-order valence-corrected chi connectivity index (χ4v) is 7.74. The first-order valence-electron chi connectivity index (χ1n) is 12.0. The largest absolute Gasteiger partial charge is 0.393 e. The molecule has 3 nitrogen and oxygen atoms in total. The van der Waals surface area contributed by atoms with Gasteiger partial charge in [-0.25, -0.2) is 4.39 Å². The molecule has 3 aliphatic rings. The van der Waals surface area contributed by atoms with Crippen molar-refractivity contribution in [2.45, 2.75) is 98.2 Å². The molecule has 0 bridgehead atoms. The van der Waals surface area contributed by atoms with Crippen LogP contribution in [0.3, 0.4) is 0 Å². The van der Waals surface area contributed by atoms with E-state index < -0.39 is 6.67 Å². The zero-order valence-electron chi connectivity index (χ0n) is 19.2. The highest BCUT2D eigenvalue weighted by atomic mass is 19.1. The van der Waals surface area contributed by atoms with Crippen LogP contribution in [0, 0.1) is 46.3 Å². The number of aliphatic hydroxyl groups is 2. The van der Waals surface area contributed by atoms with Crippen LogP contribution in [-0.4, -0.2) is 34.9 Å². The Balaban J connectivity index is 1.77. The van der Waals surface area contributed by atoms with Gasteiger partial charge in [-0.2, -0.15) is 0 Å². The number of halogens is 1. The summed E-state index contributed by atoms with van der Waals surface area (Å²) in [7, 11) is 0. The lowest BCUT2D eigenvalue weighted by atomic mass is 9.42. The molecular formula is C25H43FO3. The molecule has 0 aliphatic heterocycles. The van der Waals surface area contributed by atoms with E-state index in [-0.39, 0.29) is 28.8 Å². The SMILES string of the molecule is C[C@H](CCC(=O)CF)[C@@H](C)[C@@]1(C)CC[C@H]2[C@@H]([C@H](O)C[C@@H]3C[C@H](O)CC[C@@]32C)[C@@H]1C. The molecule has 0 aromatic heterocycles. The maximum atomic E-state index is 12.6. The van der Waals surface area contributed by atoms with Crippen molar-refractivity contribution < 1.29 is 19.4 Å². The van der Waals surface area contributed by atoms with Crippen LogP contribution in [0.25, 0.3) is 0 Å². The van der Waals surface area contributed by atoms with Crippen molar-refractivity contribution in [3.05, 3.63) is 0 Å². The first-order valence-corrected chi connectivity index (χ1v) is 12.0. The molecule has 0 aromatic rings. The number of hydrogen-bond acceptors (Lipinski definition) is 3. The maximum absolute atomic E-state index is 12.6. The summed E-state index contributed by atoms with van der Waals surface area (Å²) in [6, 6.07) is 0. The summed E-state index contributed by atoms with van der Waals surface area (Å²) in [5.74, 6) is 2.19. The minimum absolute atomic E-state index is 0.123. The van der Waals surface area contributed by atoms with Crippen LogP contribution in [0.4, 0.5) is 4.39 Å². The van der Waals surface area contributed by atoms with Gasteiger partial charge in [0.1, 0.15) is 6.67 Å². The molecule has 0 unspecified atom stereocenters. The highest BCUT2D eigenvalue weighted by molar-refractivity contribution is 5.79. The average molecular weight is 411 g/mol. The van der Waals surface area contributed by atoms with E-state index in [0.29, 0.717) is 41.9 Å². The standard InChI is InChI=1S/C25H43FO3/c1-15(6-7-20(28)14-26)16(2)24(4)11-9-21-23(17(24)3)22(29)13-18-12-19(27)8-10-25(18,21)5/h15-19,21-23,27,29H,6-14H2,1-5H3/t15-,16-,17+,18+,19-,21+,22-,23+,24-,25+/m1/s1. The summed E-state index contributed by atoms with van der Waals surface area (Å²) in [5.41, 5.74) is 0.360. The van der Waals surface area contributed by atoms with Gasteiger partial charge in [0, 0.05) is 6.42 Å². The minimum atomic E-state index is -0.848. The van der Waals surface area contributed by atoms with Gasteiger partial charge >= 0.3 is 0 Å². The van der Waals surface area contributed by atoms with Crippen LogP contribution >= 0.6 is 0 Å². The molecule has 2 N–H and O–H groups in total. The Morgan fingerprint density at radius 2 is 1.83 bits per heavy atom. The van der Waals surface area contributed by atoms with E-state index in [9.17, 15) is 19.4 Å². The summed E-state index contributed by atoms with van der Waals surface area (Å²) in [6.45, 7) is 10.8. The highest BCUT2D eigenvalue weighted by Gasteiger charge is 2.59. The molecule has 29 heavy (non-hydrogen) atoms. The molecule has 0 radical (unpaired) electrons. The number of rotatable bonds is 6.